The number of hydrogen-bond acceptors (Lipinski definition) is 3. The first-order valence-electron chi connectivity index (χ1n) is 10.7. The van der Waals surface area contributed by atoms with Crippen molar-refractivity contribution in [3.05, 3.63) is 103 Å². The minimum Gasteiger partial charge on any atom is -0.491 e. The van der Waals surface area contributed by atoms with Crippen LogP contribution in [-0.4, -0.2) is 15.5 Å². The van der Waals surface area contributed by atoms with E-state index in [4.69, 9.17) is 9.47 Å². The molecule has 0 aliphatic heterocycles. The number of hydrogen-bond donors (Lipinski definition) is 0. The minimum absolute atomic E-state index is 0.162. The minimum atomic E-state index is 0.162. The summed E-state index contributed by atoms with van der Waals surface area (Å²) in [4.78, 5) is 4.58. The summed E-state index contributed by atoms with van der Waals surface area (Å²) >= 11 is 0. The average Bonchev–Trinajstić information content (AvgIpc) is 3.24. The van der Waals surface area contributed by atoms with Crippen LogP contribution in [-0.2, 0) is 0 Å². The Morgan fingerprint density at radius 2 is 1.28 bits per heavy atom. The van der Waals surface area contributed by atoms with E-state index in [9.17, 15) is 0 Å². The average molecular weight is 421 g/mol. The van der Waals surface area contributed by atoms with Crippen molar-refractivity contribution >= 4 is 5.65 Å². The zero-order valence-corrected chi connectivity index (χ0v) is 18.1. The molecule has 32 heavy (non-hydrogen) atoms. The molecule has 5 aromatic rings. The fourth-order valence-corrected chi connectivity index (χ4v) is 3.68. The van der Waals surface area contributed by atoms with Gasteiger partial charge in [-0.3, -0.25) is 4.40 Å². The summed E-state index contributed by atoms with van der Waals surface area (Å²) in [7, 11) is 0. The van der Waals surface area contributed by atoms with Gasteiger partial charge in [0.15, 0.2) is 0 Å². The third-order valence-corrected chi connectivity index (χ3v) is 5.19. The maximum Gasteiger partial charge on any atom is 0.137 e. The molecule has 0 unspecified atom stereocenters. The quantitative estimate of drug-likeness (QED) is 0.290. The van der Waals surface area contributed by atoms with Crippen LogP contribution >= 0.6 is 0 Å². The van der Waals surface area contributed by atoms with Crippen molar-refractivity contribution in [2.24, 2.45) is 0 Å². The summed E-state index contributed by atoms with van der Waals surface area (Å²) in [6.07, 6.45) is 4.20. The molecule has 2 heterocycles. The van der Waals surface area contributed by atoms with Crippen LogP contribution in [0.2, 0.25) is 0 Å². The second-order valence-corrected chi connectivity index (χ2v) is 7.92. The molecule has 0 saturated carbocycles. The first-order chi connectivity index (χ1) is 15.7. The number of ether oxygens (including phenoxy) is 2. The van der Waals surface area contributed by atoms with Gasteiger partial charge in [-0.1, -0.05) is 30.3 Å². The highest BCUT2D eigenvalue weighted by Crippen LogP contribution is 2.29. The molecule has 0 amide bonds. The second-order valence-electron chi connectivity index (χ2n) is 7.92. The van der Waals surface area contributed by atoms with Gasteiger partial charge < -0.3 is 9.47 Å². The van der Waals surface area contributed by atoms with Gasteiger partial charge in [0.05, 0.1) is 18.0 Å². The summed E-state index contributed by atoms with van der Waals surface area (Å²) in [5.41, 5.74) is 5.28. The number of fused-ring (bicyclic) bond motifs is 1. The summed E-state index contributed by atoms with van der Waals surface area (Å²) in [5, 5.41) is 0. The number of nitrogens with zero attached hydrogens (tertiary/aromatic N) is 2. The van der Waals surface area contributed by atoms with Crippen molar-refractivity contribution < 1.29 is 9.47 Å². The number of benzene rings is 3. The molecule has 158 valence electrons. The van der Waals surface area contributed by atoms with E-state index in [1.165, 1.54) is 0 Å². The van der Waals surface area contributed by atoms with E-state index in [2.05, 4.69) is 45.9 Å². The Morgan fingerprint density at radius 3 is 2.00 bits per heavy atom. The molecule has 3 aromatic carbocycles. The predicted octanol–water partition coefficient (Wildman–Crippen LogP) is 7.25. The SMILES string of the molecule is CC(C)Oc1ccc(-c2ccc3ncc(-c4ccc(Oc5ccccc5)cc4)n3c2)cc1. The Morgan fingerprint density at radius 1 is 0.656 bits per heavy atom. The zero-order valence-electron chi connectivity index (χ0n) is 18.1. The molecule has 0 N–H and O–H groups in total. The van der Waals surface area contributed by atoms with Crippen LogP contribution in [0.25, 0.3) is 28.0 Å². The number of aromatic nitrogens is 2. The third kappa shape index (κ3) is 4.21. The van der Waals surface area contributed by atoms with Gasteiger partial charge in [-0.2, -0.15) is 0 Å². The number of para-hydroxylation sites is 1. The molecular weight excluding hydrogens is 396 g/mol. The topological polar surface area (TPSA) is 35.8 Å². The lowest BCUT2D eigenvalue weighted by molar-refractivity contribution is 0.242. The lowest BCUT2D eigenvalue weighted by Gasteiger charge is -2.11. The second kappa shape index (κ2) is 8.60. The van der Waals surface area contributed by atoms with E-state index in [0.717, 1.165) is 45.3 Å². The van der Waals surface area contributed by atoms with Crippen molar-refractivity contribution in [1.82, 2.24) is 9.38 Å². The van der Waals surface area contributed by atoms with E-state index in [0.29, 0.717) is 0 Å². The Hall–Kier alpha value is -4.05. The maximum atomic E-state index is 5.92. The van der Waals surface area contributed by atoms with Gasteiger partial charge in [-0.15, -0.1) is 0 Å². The Bertz CT molecular complexity index is 1320. The van der Waals surface area contributed by atoms with Gasteiger partial charge in [-0.05, 0) is 85.6 Å². The molecule has 2 aromatic heterocycles. The zero-order chi connectivity index (χ0) is 21.9. The van der Waals surface area contributed by atoms with Gasteiger partial charge in [0.1, 0.15) is 22.9 Å². The van der Waals surface area contributed by atoms with Crippen molar-refractivity contribution in [2.45, 2.75) is 20.0 Å². The van der Waals surface area contributed by atoms with E-state index < -0.39 is 0 Å². The van der Waals surface area contributed by atoms with Crippen LogP contribution < -0.4 is 9.47 Å². The van der Waals surface area contributed by atoms with Crippen LogP contribution in [0, 0.1) is 0 Å². The van der Waals surface area contributed by atoms with E-state index in [1.807, 2.05) is 80.7 Å². The standard InChI is InChI=1S/C28H24N2O2/c1-20(2)31-25-13-8-21(9-14-25)23-12-17-28-29-18-27(30(28)19-23)22-10-15-26(16-11-22)32-24-6-4-3-5-7-24/h3-20H,1-2H3. The fraction of sp³-hybridized carbons (Fsp3) is 0.107. The Kier molecular flexibility index (Phi) is 5.34. The van der Waals surface area contributed by atoms with Crippen LogP contribution in [0.15, 0.2) is 103 Å². The van der Waals surface area contributed by atoms with E-state index in [1.54, 1.807) is 0 Å². The lowest BCUT2D eigenvalue weighted by atomic mass is 10.1. The smallest absolute Gasteiger partial charge is 0.137 e. The summed E-state index contributed by atoms with van der Waals surface area (Å²) < 4.78 is 13.8. The van der Waals surface area contributed by atoms with Crippen molar-refractivity contribution in [3.63, 3.8) is 0 Å². The van der Waals surface area contributed by atoms with E-state index in [-0.39, 0.29) is 6.10 Å². The maximum absolute atomic E-state index is 5.92. The summed E-state index contributed by atoms with van der Waals surface area (Å²) in [5.74, 6) is 2.51. The molecule has 0 saturated heterocycles. The van der Waals surface area contributed by atoms with Crippen molar-refractivity contribution in [3.8, 4) is 39.6 Å². The lowest BCUT2D eigenvalue weighted by Crippen LogP contribution is -2.05. The highest BCUT2D eigenvalue weighted by Gasteiger charge is 2.09. The summed E-state index contributed by atoms with van der Waals surface area (Å²) in [6, 6.07) is 30.2. The Balaban J connectivity index is 1.42. The first kappa shape index (κ1) is 19.9. The highest BCUT2D eigenvalue weighted by molar-refractivity contribution is 5.69. The molecule has 4 nitrogen and oxygen atoms in total. The van der Waals surface area contributed by atoms with Crippen LogP contribution in [0.1, 0.15) is 13.8 Å². The van der Waals surface area contributed by atoms with Crippen LogP contribution in [0.4, 0.5) is 0 Å². The number of pyridine rings is 1. The molecule has 0 atom stereocenters. The fourth-order valence-electron chi connectivity index (χ4n) is 3.68. The number of imidazole rings is 1. The highest BCUT2D eigenvalue weighted by atomic mass is 16.5. The molecule has 0 spiro atoms. The monoisotopic (exact) mass is 420 g/mol. The molecule has 0 bridgehead atoms. The normalized spacial score (nSPS) is 11.1. The largest absolute Gasteiger partial charge is 0.491 e. The van der Waals surface area contributed by atoms with Crippen molar-refractivity contribution in [2.75, 3.05) is 0 Å². The first-order valence-corrected chi connectivity index (χ1v) is 10.7. The van der Waals surface area contributed by atoms with Crippen molar-refractivity contribution in [1.29, 1.82) is 0 Å². The van der Waals surface area contributed by atoms with Gasteiger partial charge >= 0.3 is 0 Å². The van der Waals surface area contributed by atoms with Gasteiger partial charge in [0.2, 0.25) is 0 Å². The Labute approximate surface area is 187 Å². The number of rotatable bonds is 6. The van der Waals surface area contributed by atoms with Gasteiger partial charge in [-0.25, -0.2) is 4.98 Å². The molecule has 5 rings (SSSR count). The predicted molar refractivity (Wildman–Crippen MR) is 128 cm³/mol. The molecule has 0 fully saturated rings. The van der Waals surface area contributed by atoms with E-state index >= 15 is 0 Å². The summed E-state index contributed by atoms with van der Waals surface area (Å²) in [6.45, 7) is 4.06. The van der Waals surface area contributed by atoms with Gasteiger partial charge in [0.25, 0.3) is 0 Å². The van der Waals surface area contributed by atoms with Gasteiger partial charge in [0, 0.05) is 11.8 Å². The molecule has 4 heteroatoms. The van der Waals surface area contributed by atoms with Crippen LogP contribution in [0.3, 0.4) is 0 Å². The van der Waals surface area contributed by atoms with Crippen LogP contribution in [0.5, 0.6) is 17.2 Å². The molecule has 0 radical (unpaired) electrons. The third-order valence-electron chi connectivity index (χ3n) is 5.19. The molecular formula is C28H24N2O2. The molecule has 0 aliphatic rings. The molecule has 0 aliphatic carbocycles.